The number of non-ortho nitro benzene ring substituents is 1. The number of rotatable bonds is 5. The molecule has 8 nitrogen and oxygen atoms in total. The van der Waals surface area contributed by atoms with Crippen molar-refractivity contribution >= 4 is 11.7 Å². The summed E-state index contributed by atoms with van der Waals surface area (Å²) < 4.78 is 4.80. The molecule has 1 N–H and O–H groups in total. The topological polar surface area (TPSA) is 111 Å². The van der Waals surface area contributed by atoms with Gasteiger partial charge in [0.25, 0.3) is 5.69 Å². The second-order valence-electron chi connectivity index (χ2n) is 3.89. The highest BCUT2D eigenvalue weighted by Gasteiger charge is 2.11. The fraction of sp³-hybridized carbons (Fsp3) is 0.250. The van der Waals surface area contributed by atoms with E-state index in [1.54, 1.807) is 19.1 Å². The maximum absolute atomic E-state index is 11.3. The predicted octanol–water partition coefficient (Wildman–Crippen LogP) is 1.49. The molecule has 2 rings (SSSR count). The highest BCUT2D eigenvalue weighted by atomic mass is 16.6. The number of nitrogens with zero attached hydrogens (tertiary/aromatic N) is 3. The largest absolute Gasteiger partial charge is 0.466 e. The molecule has 0 atom stereocenters. The van der Waals surface area contributed by atoms with Gasteiger partial charge < -0.3 is 4.74 Å². The van der Waals surface area contributed by atoms with Crippen molar-refractivity contribution in [2.24, 2.45) is 0 Å². The second kappa shape index (κ2) is 5.91. The van der Waals surface area contributed by atoms with E-state index in [4.69, 9.17) is 4.74 Å². The molecule has 104 valence electrons. The lowest BCUT2D eigenvalue weighted by Crippen LogP contribution is -2.08. The number of hydrogen-bond donors (Lipinski definition) is 1. The number of nitrogens with one attached hydrogen (secondary N) is 1. The molecule has 0 spiro atoms. The van der Waals surface area contributed by atoms with Gasteiger partial charge in [-0.1, -0.05) is 0 Å². The fourth-order valence-corrected chi connectivity index (χ4v) is 1.58. The molecule has 0 radical (unpaired) electrons. The van der Waals surface area contributed by atoms with E-state index in [1.807, 2.05) is 0 Å². The van der Waals surface area contributed by atoms with Gasteiger partial charge in [-0.3, -0.25) is 20.0 Å². The predicted molar refractivity (Wildman–Crippen MR) is 68.8 cm³/mol. The van der Waals surface area contributed by atoms with Crippen LogP contribution in [0.4, 0.5) is 5.69 Å². The third-order valence-corrected chi connectivity index (χ3v) is 2.49. The molecule has 8 heteroatoms. The third kappa shape index (κ3) is 3.16. The number of nitro benzene ring substituents is 1. The maximum atomic E-state index is 11.3. The van der Waals surface area contributed by atoms with E-state index in [2.05, 4.69) is 15.2 Å². The molecule has 0 aliphatic carbocycles. The molecule has 20 heavy (non-hydrogen) atoms. The second-order valence-corrected chi connectivity index (χ2v) is 3.89. The Balaban J connectivity index is 2.12. The van der Waals surface area contributed by atoms with E-state index in [-0.39, 0.29) is 18.1 Å². The molecule has 0 saturated carbocycles. The van der Waals surface area contributed by atoms with Crippen LogP contribution in [-0.2, 0) is 16.0 Å². The van der Waals surface area contributed by atoms with Crippen LogP contribution in [0.15, 0.2) is 24.3 Å². The van der Waals surface area contributed by atoms with E-state index in [1.165, 1.54) is 12.1 Å². The zero-order chi connectivity index (χ0) is 14.5. The van der Waals surface area contributed by atoms with Gasteiger partial charge in [-0.05, 0) is 19.1 Å². The van der Waals surface area contributed by atoms with Crippen LogP contribution in [0, 0.1) is 10.1 Å². The normalized spacial score (nSPS) is 10.2. The zero-order valence-corrected chi connectivity index (χ0v) is 10.7. The zero-order valence-electron chi connectivity index (χ0n) is 10.7. The smallest absolute Gasteiger partial charge is 0.313 e. The first-order valence-corrected chi connectivity index (χ1v) is 5.92. The van der Waals surface area contributed by atoms with Crippen LogP contribution in [0.3, 0.4) is 0 Å². The molecular formula is C12H12N4O4. The summed E-state index contributed by atoms with van der Waals surface area (Å²) in [6.45, 7) is 2.03. The molecule has 1 aromatic heterocycles. The number of aromatic amines is 1. The summed E-state index contributed by atoms with van der Waals surface area (Å²) in [6.07, 6.45) is 0.00776. The quantitative estimate of drug-likeness (QED) is 0.503. The summed E-state index contributed by atoms with van der Waals surface area (Å²) in [7, 11) is 0. The van der Waals surface area contributed by atoms with Crippen LogP contribution in [0.2, 0.25) is 0 Å². The molecule has 0 bridgehead atoms. The molecule has 0 aliphatic rings. The van der Waals surface area contributed by atoms with Crippen LogP contribution >= 0.6 is 0 Å². The minimum Gasteiger partial charge on any atom is -0.466 e. The summed E-state index contributed by atoms with van der Waals surface area (Å²) in [5.41, 5.74) is 0.623. The van der Waals surface area contributed by atoms with Crippen molar-refractivity contribution in [2.45, 2.75) is 13.3 Å². The first kappa shape index (κ1) is 13.7. The minimum absolute atomic E-state index is 0.00367. The Hall–Kier alpha value is -2.77. The number of benzene rings is 1. The summed E-state index contributed by atoms with van der Waals surface area (Å²) in [5.74, 6) is 0.370. The Bertz CT molecular complexity index is 621. The molecule has 0 fully saturated rings. The number of carbonyl (C=O) groups is 1. The molecule has 0 saturated heterocycles. The number of nitro groups is 1. The van der Waals surface area contributed by atoms with Gasteiger partial charge in [0.05, 0.1) is 11.5 Å². The average molecular weight is 276 g/mol. The lowest BCUT2D eigenvalue weighted by molar-refractivity contribution is -0.384. The number of esters is 1. The van der Waals surface area contributed by atoms with Crippen molar-refractivity contribution in [2.75, 3.05) is 6.61 Å². The Labute approximate surface area is 113 Å². The standard InChI is InChI=1S/C12H12N4O4/c1-2-20-11(17)7-10-13-12(15-14-10)8-3-5-9(6-4-8)16(18)19/h3-6H,2,7H2,1H3,(H,13,14,15). The van der Waals surface area contributed by atoms with E-state index in [0.29, 0.717) is 23.8 Å². The van der Waals surface area contributed by atoms with Crippen molar-refractivity contribution in [3.05, 3.63) is 40.2 Å². The van der Waals surface area contributed by atoms with Crippen molar-refractivity contribution in [1.29, 1.82) is 0 Å². The average Bonchev–Trinajstić information content (AvgIpc) is 2.87. The van der Waals surface area contributed by atoms with E-state index < -0.39 is 4.92 Å². The fourth-order valence-electron chi connectivity index (χ4n) is 1.58. The van der Waals surface area contributed by atoms with Gasteiger partial charge in [-0.2, -0.15) is 5.10 Å². The van der Waals surface area contributed by atoms with Gasteiger partial charge in [0, 0.05) is 17.7 Å². The molecule has 1 aromatic carbocycles. The highest BCUT2D eigenvalue weighted by Crippen LogP contribution is 2.19. The lowest BCUT2D eigenvalue weighted by atomic mass is 10.2. The Morgan fingerprint density at radius 3 is 2.70 bits per heavy atom. The Morgan fingerprint density at radius 1 is 1.40 bits per heavy atom. The van der Waals surface area contributed by atoms with Gasteiger partial charge in [-0.25, -0.2) is 4.98 Å². The van der Waals surface area contributed by atoms with E-state index in [0.717, 1.165) is 0 Å². The molecule has 0 unspecified atom stereocenters. The number of aromatic nitrogens is 3. The minimum atomic E-state index is -0.478. The summed E-state index contributed by atoms with van der Waals surface area (Å²) in [6, 6.07) is 5.85. The van der Waals surface area contributed by atoms with Crippen molar-refractivity contribution < 1.29 is 14.5 Å². The van der Waals surface area contributed by atoms with Crippen LogP contribution < -0.4 is 0 Å². The van der Waals surface area contributed by atoms with E-state index in [9.17, 15) is 14.9 Å². The first-order chi connectivity index (χ1) is 9.60. The third-order valence-electron chi connectivity index (χ3n) is 2.49. The Morgan fingerprint density at radius 2 is 2.10 bits per heavy atom. The highest BCUT2D eigenvalue weighted by molar-refractivity contribution is 5.71. The number of H-pyrrole nitrogens is 1. The lowest BCUT2D eigenvalue weighted by Gasteiger charge is -1.97. The van der Waals surface area contributed by atoms with Gasteiger partial charge in [0.1, 0.15) is 12.2 Å². The Kier molecular flexibility index (Phi) is 4.04. The maximum Gasteiger partial charge on any atom is 0.313 e. The van der Waals surface area contributed by atoms with Gasteiger partial charge >= 0.3 is 5.97 Å². The molecular weight excluding hydrogens is 264 g/mol. The number of hydrogen-bond acceptors (Lipinski definition) is 6. The molecule has 1 heterocycles. The van der Waals surface area contributed by atoms with Crippen molar-refractivity contribution in [1.82, 2.24) is 15.2 Å². The summed E-state index contributed by atoms with van der Waals surface area (Å²) >= 11 is 0. The molecule has 0 aliphatic heterocycles. The summed E-state index contributed by atoms with van der Waals surface area (Å²) in [5, 5.41) is 17.1. The SMILES string of the molecule is CCOC(=O)Cc1nc(-c2ccc([N+](=O)[O-])cc2)n[nH]1. The van der Waals surface area contributed by atoms with Crippen LogP contribution in [0.5, 0.6) is 0 Å². The number of ether oxygens (including phenoxy) is 1. The van der Waals surface area contributed by atoms with Gasteiger partial charge in [0.2, 0.25) is 0 Å². The first-order valence-electron chi connectivity index (χ1n) is 5.92. The van der Waals surface area contributed by atoms with Gasteiger partial charge in [0.15, 0.2) is 5.82 Å². The monoisotopic (exact) mass is 276 g/mol. The number of carbonyl (C=O) groups excluding carboxylic acids is 1. The van der Waals surface area contributed by atoms with E-state index >= 15 is 0 Å². The van der Waals surface area contributed by atoms with Crippen molar-refractivity contribution in [3.63, 3.8) is 0 Å². The van der Waals surface area contributed by atoms with Gasteiger partial charge in [-0.15, -0.1) is 0 Å². The molecule has 0 amide bonds. The molecule has 2 aromatic rings. The van der Waals surface area contributed by atoms with Crippen LogP contribution in [0.25, 0.3) is 11.4 Å². The van der Waals surface area contributed by atoms with Crippen LogP contribution in [0.1, 0.15) is 12.7 Å². The summed E-state index contributed by atoms with van der Waals surface area (Å²) in [4.78, 5) is 25.5. The van der Waals surface area contributed by atoms with Crippen LogP contribution in [-0.4, -0.2) is 32.7 Å². The van der Waals surface area contributed by atoms with Crippen molar-refractivity contribution in [3.8, 4) is 11.4 Å².